The lowest BCUT2D eigenvalue weighted by atomic mass is 9.99. The maximum absolute atomic E-state index is 13.2. The number of aryl methyl sites for hydroxylation is 2. The molecule has 2 heterocycles. The number of carbonyl (C=O) groups excluding carboxylic acids is 1. The number of hydrogen-bond acceptors (Lipinski definition) is 4. The van der Waals surface area contributed by atoms with E-state index in [0.29, 0.717) is 26.1 Å². The fraction of sp³-hybridized carbons (Fsp3) is 0.333. The number of pyridine rings is 1. The van der Waals surface area contributed by atoms with Crippen LogP contribution in [0.1, 0.15) is 23.2 Å². The summed E-state index contributed by atoms with van der Waals surface area (Å²) in [5, 5.41) is 1.04. The summed E-state index contributed by atoms with van der Waals surface area (Å²) in [5.41, 5.74) is 3.73. The molecule has 4 rings (SSSR count). The fourth-order valence-corrected chi connectivity index (χ4v) is 5.70. The molecule has 0 radical (unpaired) electrons. The highest BCUT2D eigenvalue weighted by atomic mass is 32.2. The Balaban J connectivity index is 1.49. The summed E-state index contributed by atoms with van der Waals surface area (Å²) >= 11 is 0. The zero-order chi connectivity index (χ0) is 22.9. The van der Waals surface area contributed by atoms with Gasteiger partial charge in [-0.05, 0) is 61.7 Å². The Morgan fingerprint density at radius 1 is 1.00 bits per heavy atom. The monoisotopic (exact) mass is 455 g/mol. The van der Waals surface area contributed by atoms with E-state index in [1.54, 1.807) is 4.90 Å². The second-order valence-electron chi connectivity index (χ2n) is 8.09. The topological polar surface area (TPSA) is 70.6 Å². The van der Waals surface area contributed by atoms with Gasteiger partial charge in [-0.2, -0.15) is 4.31 Å². The highest BCUT2D eigenvalue weighted by Crippen LogP contribution is 2.24. The highest BCUT2D eigenvalue weighted by Gasteiger charge is 2.28. The summed E-state index contributed by atoms with van der Waals surface area (Å²) in [5.74, 6) is -0.514. The molecule has 2 aromatic carbocycles. The Bertz CT molecular complexity index is 1260. The number of amides is 1. The summed E-state index contributed by atoms with van der Waals surface area (Å²) in [6, 6.07) is 12.7. The van der Waals surface area contributed by atoms with Crippen molar-refractivity contribution in [3.63, 3.8) is 0 Å². The van der Waals surface area contributed by atoms with E-state index in [4.69, 9.17) is 0 Å². The van der Waals surface area contributed by atoms with Gasteiger partial charge in [0.15, 0.2) is 0 Å². The molecule has 0 atom stereocenters. The summed E-state index contributed by atoms with van der Waals surface area (Å²) < 4.78 is 40.4. The lowest BCUT2D eigenvalue weighted by Crippen LogP contribution is -2.38. The van der Waals surface area contributed by atoms with Crippen LogP contribution in [0.4, 0.5) is 4.39 Å². The summed E-state index contributed by atoms with van der Waals surface area (Å²) in [7, 11) is -3.73. The number of carbonyl (C=O) groups is 1. The second kappa shape index (κ2) is 8.96. The molecule has 0 aliphatic carbocycles. The van der Waals surface area contributed by atoms with Gasteiger partial charge in [0, 0.05) is 37.3 Å². The molecule has 32 heavy (non-hydrogen) atoms. The Morgan fingerprint density at radius 2 is 1.72 bits per heavy atom. The Labute approximate surface area is 187 Å². The van der Waals surface area contributed by atoms with Gasteiger partial charge in [0.1, 0.15) is 5.82 Å². The van der Waals surface area contributed by atoms with Crippen LogP contribution in [0.15, 0.2) is 53.4 Å². The third-order valence-electron chi connectivity index (χ3n) is 6.07. The van der Waals surface area contributed by atoms with Crippen molar-refractivity contribution in [1.82, 2.24) is 14.2 Å². The standard InChI is InChI=1S/C24H26FN3O3S/c1-17-21-6-3-4-7-23(21)26-18(2)22(17)16-24(29)27-12-5-13-28(15-14-27)32(30,31)20-10-8-19(25)9-11-20/h3-4,6-11H,5,12-16H2,1-2H3. The van der Waals surface area contributed by atoms with Crippen molar-refractivity contribution in [2.45, 2.75) is 31.6 Å². The van der Waals surface area contributed by atoms with Crippen LogP contribution in [-0.4, -0.2) is 54.7 Å². The van der Waals surface area contributed by atoms with Crippen LogP contribution >= 0.6 is 0 Å². The molecule has 1 aromatic heterocycles. The first-order valence-electron chi connectivity index (χ1n) is 10.7. The molecule has 1 amide bonds. The molecule has 1 aliphatic heterocycles. The number of hydrogen-bond donors (Lipinski definition) is 0. The van der Waals surface area contributed by atoms with Crippen molar-refractivity contribution in [2.75, 3.05) is 26.2 Å². The van der Waals surface area contributed by atoms with E-state index in [1.807, 2.05) is 38.1 Å². The fourth-order valence-electron chi connectivity index (χ4n) is 4.23. The zero-order valence-corrected chi connectivity index (χ0v) is 19.0. The zero-order valence-electron chi connectivity index (χ0n) is 18.2. The first-order chi connectivity index (χ1) is 15.3. The summed E-state index contributed by atoms with van der Waals surface area (Å²) in [6.07, 6.45) is 0.778. The molecule has 1 saturated heterocycles. The van der Waals surface area contributed by atoms with Gasteiger partial charge in [0.25, 0.3) is 0 Å². The van der Waals surface area contributed by atoms with Crippen molar-refractivity contribution < 1.29 is 17.6 Å². The van der Waals surface area contributed by atoms with Crippen LogP contribution in [0.5, 0.6) is 0 Å². The van der Waals surface area contributed by atoms with Crippen LogP contribution in [0.3, 0.4) is 0 Å². The number of benzene rings is 2. The minimum Gasteiger partial charge on any atom is -0.341 e. The Morgan fingerprint density at radius 3 is 2.47 bits per heavy atom. The molecule has 3 aromatic rings. The lowest BCUT2D eigenvalue weighted by Gasteiger charge is -2.23. The van der Waals surface area contributed by atoms with Gasteiger partial charge < -0.3 is 4.90 Å². The van der Waals surface area contributed by atoms with Crippen LogP contribution in [0, 0.1) is 19.7 Å². The molecule has 0 spiro atoms. The van der Waals surface area contributed by atoms with Gasteiger partial charge >= 0.3 is 0 Å². The van der Waals surface area contributed by atoms with Gasteiger partial charge in [0.2, 0.25) is 15.9 Å². The number of nitrogens with zero attached hydrogens (tertiary/aromatic N) is 3. The molecule has 1 fully saturated rings. The number of para-hydroxylation sites is 1. The molecule has 6 nitrogen and oxygen atoms in total. The molecule has 0 bridgehead atoms. The van der Waals surface area contributed by atoms with E-state index >= 15 is 0 Å². The van der Waals surface area contributed by atoms with Gasteiger partial charge in [-0.15, -0.1) is 0 Å². The number of halogens is 1. The van der Waals surface area contributed by atoms with E-state index < -0.39 is 15.8 Å². The van der Waals surface area contributed by atoms with Gasteiger partial charge in [0.05, 0.1) is 16.8 Å². The Kier molecular flexibility index (Phi) is 6.26. The number of sulfonamides is 1. The summed E-state index contributed by atoms with van der Waals surface area (Å²) in [4.78, 5) is 19.6. The quantitative estimate of drug-likeness (QED) is 0.604. The van der Waals surface area contributed by atoms with Crippen molar-refractivity contribution >= 4 is 26.8 Å². The predicted octanol–water partition coefficient (Wildman–Crippen LogP) is 3.46. The first-order valence-corrected chi connectivity index (χ1v) is 12.1. The maximum atomic E-state index is 13.2. The van der Waals surface area contributed by atoms with E-state index in [0.717, 1.165) is 39.9 Å². The predicted molar refractivity (Wildman–Crippen MR) is 121 cm³/mol. The largest absolute Gasteiger partial charge is 0.341 e. The van der Waals surface area contributed by atoms with E-state index in [1.165, 1.54) is 16.4 Å². The van der Waals surface area contributed by atoms with Crippen LogP contribution in [0.25, 0.3) is 10.9 Å². The van der Waals surface area contributed by atoms with Crippen LogP contribution in [-0.2, 0) is 21.2 Å². The molecule has 0 unspecified atom stereocenters. The minimum absolute atomic E-state index is 0.0330. The van der Waals surface area contributed by atoms with Crippen LogP contribution in [0.2, 0.25) is 0 Å². The SMILES string of the molecule is Cc1nc2ccccc2c(C)c1CC(=O)N1CCCN(S(=O)(=O)c2ccc(F)cc2)CC1. The molecule has 0 saturated carbocycles. The number of fused-ring (bicyclic) bond motifs is 1. The summed E-state index contributed by atoms with van der Waals surface area (Å²) in [6.45, 7) is 5.27. The van der Waals surface area contributed by atoms with E-state index in [9.17, 15) is 17.6 Å². The molecular weight excluding hydrogens is 429 g/mol. The average molecular weight is 456 g/mol. The molecule has 0 N–H and O–H groups in total. The maximum Gasteiger partial charge on any atom is 0.243 e. The second-order valence-corrected chi connectivity index (χ2v) is 10.0. The van der Waals surface area contributed by atoms with Crippen molar-refractivity contribution in [3.8, 4) is 0 Å². The Hall–Kier alpha value is -2.84. The van der Waals surface area contributed by atoms with Crippen LogP contribution < -0.4 is 0 Å². The van der Waals surface area contributed by atoms with Crippen molar-refractivity contribution in [3.05, 3.63) is 71.2 Å². The molecule has 1 aliphatic rings. The van der Waals surface area contributed by atoms with E-state index in [-0.39, 0.29) is 23.8 Å². The average Bonchev–Trinajstić information content (AvgIpc) is 3.04. The van der Waals surface area contributed by atoms with Gasteiger partial charge in [-0.1, -0.05) is 18.2 Å². The first kappa shape index (κ1) is 22.4. The molecule has 8 heteroatoms. The molecule has 168 valence electrons. The van der Waals surface area contributed by atoms with Gasteiger partial charge in [-0.25, -0.2) is 12.8 Å². The highest BCUT2D eigenvalue weighted by molar-refractivity contribution is 7.89. The van der Waals surface area contributed by atoms with Crippen molar-refractivity contribution in [2.24, 2.45) is 0 Å². The normalized spacial score (nSPS) is 15.7. The van der Waals surface area contributed by atoms with Crippen molar-refractivity contribution in [1.29, 1.82) is 0 Å². The van der Waals surface area contributed by atoms with E-state index in [2.05, 4.69) is 4.98 Å². The minimum atomic E-state index is -3.73. The molecular formula is C24H26FN3O3S. The smallest absolute Gasteiger partial charge is 0.243 e. The lowest BCUT2D eigenvalue weighted by molar-refractivity contribution is -0.130. The number of rotatable bonds is 4. The van der Waals surface area contributed by atoms with Gasteiger partial charge in [-0.3, -0.25) is 9.78 Å². The number of aromatic nitrogens is 1. The third-order valence-corrected chi connectivity index (χ3v) is 7.99. The third kappa shape index (κ3) is 4.38.